The summed E-state index contributed by atoms with van der Waals surface area (Å²) in [6.07, 6.45) is 1.53. The number of thioether (sulfide) groups is 1. The summed E-state index contributed by atoms with van der Waals surface area (Å²) in [5.41, 5.74) is 1.65. The summed E-state index contributed by atoms with van der Waals surface area (Å²) >= 11 is 1.17. The Morgan fingerprint density at radius 1 is 1.32 bits per heavy atom. The third kappa shape index (κ3) is 4.03. The molecule has 25 heavy (non-hydrogen) atoms. The fourth-order valence-corrected chi connectivity index (χ4v) is 2.80. The van der Waals surface area contributed by atoms with E-state index >= 15 is 0 Å². The molecule has 8 heteroatoms. The smallest absolute Gasteiger partial charge is 0.284 e. The van der Waals surface area contributed by atoms with Gasteiger partial charge in [0.25, 0.3) is 11.1 Å². The molecule has 0 aliphatic heterocycles. The number of nitrogens with one attached hydrogen (secondary N) is 1. The van der Waals surface area contributed by atoms with Gasteiger partial charge in [-0.3, -0.25) is 4.79 Å². The maximum atomic E-state index is 12.4. The number of rotatable bonds is 6. The number of ether oxygens (including phenoxy) is 1. The average molecular weight is 359 g/mol. The Bertz CT molecular complexity index is 861. The minimum absolute atomic E-state index is 0.188. The Labute approximate surface area is 148 Å². The molecule has 0 unspecified atom stereocenters. The number of methoxy groups -OCH3 is 1. The van der Waals surface area contributed by atoms with Crippen LogP contribution in [0.1, 0.15) is 12.5 Å². The zero-order valence-corrected chi connectivity index (χ0v) is 14.8. The van der Waals surface area contributed by atoms with E-state index in [9.17, 15) is 4.79 Å². The number of aryl methyl sites for hydroxylation is 1. The maximum absolute atomic E-state index is 12.4. The first-order valence-corrected chi connectivity index (χ1v) is 8.44. The van der Waals surface area contributed by atoms with Crippen molar-refractivity contribution in [3.05, 3.63) is 42.2 Å². The predicted molar refractivity (Wildman–Crippen MR) is 93.7 cm³/mol. The maximum Gasteiger partial charge on any atom is 0.284 e. The summed E-state index contributed by atoms with van der Waals surface area (Å²) in [5.74, 6) is 1.18. The number of amides is 1. The molecule has 2 aromatic heterocycles. The van der Waals surface area contributed by atoms with Gasteiger partial charge in [-0.2, -0.15) is 0 Å². The van der Waals surface area contributed by atoms with Crippen molar-refractivity contribution >= 4 is 23.4 Å². The lowest BCUT2D eigenvalue weighted by Crippen LogP contribution is -2.22. The molecule has 0 radical (unpaired) electrons. The second kappa shape index (κ2) is 7.43. The van der Waals surface area contributed by atoms with Crippen LogP contribution in [0.25, 0.3) is 11.7 Å². The summed E-state index contributed by atoms with van der Waals surface area (Å²) in [4.78, 5) is 12.4. The van der Waals surface area contributed by atoms with Crippen molar-refractivity contribution < 1.29 is 18.4 Å². The molecule has 2 heterocycles. The molecule has 0 saturated carbocycles. The highest BCUT2D eigenvalue weighted by Gasteiger charge is 2.20. The number of furan rings is 1. The van der Waals surface area contributed by atoms with E-state index in [-0.39, 0.29) is 11.8 Å². The summed E-state index contributed by atoms with van der Waals surface area (Å²) in [6.45, 7) is 3.71. The van der Waals surface area contributed by atoms with Gasteiger partial charge in [-0.05, 0) is 43.7 Å². The Balaban J connectivity index is 1.66. The SMILES string of the molecule is COc1ccc(C)cc1NC(=O)[C@@H](C)Sc1nnc(-c2ccco2)o1. The minimum Gasteiger partial charge on any atom is -0.495 e. The number of hydrogen-bond donors (Lipinski definition) is 1. The zero-order chi connectivity index (χ0) is 17.8. The monoisotopic (exact) mass is 359 g/mol. The largest absolute Gasteiger partial charge is 0.495 e. The number of hydrogen-bond acceptors (Lipinski definition) is 7. The molecule has 1 N–H and O–H groups in total. The lowest BCUT2D eigenvalue weighted by atomic mass is 10.2. The van der Waals surface area contributed by atoms with E-state index in [0.717, 1.165) is 5.56 Å². The molecule has 1 atom stereocenters. The normalized spacial score (nSPS) is 12.0. The van der Waals surface area contributed by atoms with E-state index in [1.165, 1.54) is 18.0 Å². The number of anilines is 1. The molecule has 3 rings (SSSR count). The van der Waals surface area contributed by atoms with E-state index in [2.05, 4.69) is 15.5 Å². The van der Waals surface area contributed by atoms with Crippen LogP contribution in [0.2, 0.25) is 0 Å². The molecular formula is C17H17N3O4S. The first-order valence-electron chi connectivity index (χ1n) is 7.56. The standard InChI is InChI=1S/C17H17N3O4S/c1-10-6-7-13(22-3)12(9-10)18-15(21)11(2)25-17-20-19-16(24-17)14-5-4-8-23-14/h4-9,11H,1-3H3,(H,18,21)/t11-/m1/s1. The first kappa shape index (κ1) is 17.1. The Kier molecular flexibility index (Phi) is 5.08. The van der Waals surface area contributed by atoms with Gasteiger partial charge in [-0.15, -0.1) is 10.2 Å². The van der Waals surface area contributed by atoms with Gasteiger partial charge in [0, 0.05) is 0 Å². The van der Waals surface area contributed by atoms with Crippen LogP contribution in [-0.4, -0.2) is 28.5 Å². The summed E-state index contributed by atoms with van der Waals surface area (Å²) in [6, 6.07) is 9.05. The average Bonchev–Trinajstić information content (AvgIpc) is 3.26. The van der Waals surface area contributed by atoms with Crippen LogP contribution in [0, 0.1) is 6.92 Å². The van der Waals surface area contributed by atoms with Gasteiger partial charge in [0.05, 0.1) is 24.3 Å². The van der Waals surface area contributed by atoms with Gasteiger partial charge in [-0.1, -0.05) is 17.8 Å². The van der Waals surface area contributed by atoms with Crippen LogP contribution in [-0.2, 0) is 4.79 Å². The third-order valence-electron chi connectivity index (χ3n) is 3.40. The van der Waals surface area contributed by atoms with Crippen molar-refractivity contribution in [3.63, 3.8) is 0 Å². The van der Waals surface area contributed by atoms with Crippen molar-refractivity contribution in [2.75, 3.05) is 12.4 Å². The van der Waals surface area contributed by atoms with Gasteiger partial charge in [-0.25, -0.2) is 0 Å². The van der Waals surface area contributed by atoms with E-state index in [4.69, 9.17) is 13.6 Å². The van der Waals surface area contributed by atoms with E-state index < -0.39 is 5.25 Å². The molecule has 1 aromatic carbocycles. The molecular weight excluding hydrogens is 342 g/mol. The van der Waals surface area contributed by atoms with Crippen LogP contribution < -0.4 is 10.1 Å². The number of nitrogens with zero attached hydrogens (tertiary/aromatic N) is 2. The molecule has 0 saturated heterocycles. The molecule has 0 aliphatic rings. The van der Waals surface area contributed by atoms with Gasteiger partial charge >= 0.3 is 0 Å². The van der Waals surface area contributed by atoms with Crippen LogP contribution in [0.5, 0.6) is 5.75 Å². The molecule has 7 nitrogen and oxygen atoms in total. The molecule has 3 aromatic rings. The highest BCUT2D eigenvalue weighted by atomic mass is 32.2. The predicted octanol–water partition coefficient (Wildman–Crippen LogP) is 3.77. The minimum atomic E-state index is -0.435. The summed E-state index contributed by atoms with van der Waals surface area (Å²) < 4.78 is 16.0. The van der Waals surface area contributed by atoms with Crippen LogP contribution in [0.15, 0.2) is 50.7 Å². The van der Waals surface area contributed by atoms with Crippen molar-refractivity contribution in [3.8, 4) is 17.4 Å². The molecule has 1 amide bonds. The summed E-state index contributed by atoms with van der Waals surface area (Å²) in [7, 11) is 1.56. The highest BCUT2D eigenvalue weighted by Crippen LogP contribution is 2.29. The second-order valence-corrected chi connectivity index (χ2v) is 6.60. The topological polar surface area (TPSA) is 90.4 Å². The van der Waals surface area contributed by atoms with E-state index in [1.54, 1.807) is 26.2 Å². The van der Waals surface area contributed by atoms with Crippen molar-refractivity contribution in [2.45, 2.75) is 24.3 Å². The fourth-order valence-electron chi connectivity index (χ4n) is 2.12. The zero-order valence-electron chi connectivity index (χ0n) is 14.0. The molecule has 0 aliphatic carbocycles. The third-order valence-corrected chi connectivity index (χ3v) is 4.33. The van der Waals surface area contributed by atoms with E-state index in [1.807, 2.05) is 25.1 Å². The lowest BCUT2D eigenvalue weighted by molar-refractivity contribution is -0.115. The van der Waals surface area contributed by atoms with Crippen molar-refractivity contribution in [2.24, 2.45) is 0 Å². The molecule has 130 valence electrons. The quantitative estimate of drug-likeness (QED) is 0.670. The molecule has 0 spiro atoms. The van der Waals surface area contributed by atoms with Crippen molar-refractivity contribution in [1.29, 1.82) is 0 Å². The van der Waals surface area contributed by atoms with Crippen LogP contribution in [0.4, 0.5) is 5.69 Å². The van der Waals surface area contributed by atoms with Crippen LogP contribution in [0.3, 0.4) is 0 Å². The summed E-state index contributed by atoms with van der Waals surface area (Å²) in [5, 5.41) is 10.6. The van der Waals surface area contributed by atoms with Crippen molar-refractivity contribution in [1.82, 2.24) is 10.2 Å². The Morgan fingerprint density at radius 3 is 2.88 bits per heavy atom. The molecule has 0 bridgehead atoms. The number of benzene rings is 1. The first-order chi connectivity index (χ1) is 12.1. The van der Waals surface area contributed by atoms with Crippen LogP contribution >= 0.6 is 11.8 Å². The van der Waals surface area contributed by atoms with E-state index in [0.29, 0.717) is 22.4 Å². The van der Waals surface area contributed by atoms with Gasteiger partial charge in [0.1, 0.15) is 5.75 Å². The number of aromatic nitrogens is 2. The molecule has 0 fully saturated rings. The number of carbonyl (C=O) groups excluding carboxylic acids is 1. The Morgan fingerprint density at radius 2 is 2.16 bits per heavy atom. The fraction of sp³-hybridized carbons (Fsp3) is 0.235. The number of carbonyl (C=O) groups is 1. The highest BCUT2D eigenvalue weighted by molar-refractivity contribution is 8.00. The van der Waals surface area contributed by atoms with Gasteiger partial charge in [0.2, 0.25) is 5.91 Å². The lowest BCUT2D eigenvalue weighted by Gasteiger charge is -2.13. The second-order valence-electron chi connectivity index (χ2n) is 5.30. The Hall–Kier alpha value is -2.74. The van der Waals surface area contributed by atoms with Gasteiger partial charge < -0.3 is 18.9 Å². The van der Waals surface area contributed by atoms with Gasteiger partial charge in [0.15, 0.2) is 5.76 Å².